The Labute approximate surface area is 196 Å². The maximum Gasteiger partial charge on any atom is 0.488 e. The van der Waals surface area contributed by atoms with E-state index in [4.69, 9.17) is 14.5 Å². The summed E-state index contributed by atoms with van der Waals surface area (Å²) in [6.07, 6.45) is 0. The fourth-order valence-corrected chi connectivity index (χ4v) is 2.87. The van der Waals surface area contributed by atoms with Crippen molar-refractivity contribution in [2.75, 3.05) is 0 Å². The van der Waals surface area contributed by atoms with Gasteiger partial charge >= 0.3 is 26.5 Å². The zero-order chi connectivity index (χ0) is 25.7. The van der Waals surface area contributed by atoms with Crippen molar-refractivity contribution in [1.82, 2.24) is 0 Å². The number of nitro groups is 2. The summed E-state index contributed by atoms with van der Waals surface area (Å²) in [5.41, 5.74) is -1.89. The highest BCUT2D eigenvalue weighted by Gasteiger charge is 2.22. The standard InChI is InChI=1S/C20H13B2N2O11/c25-19(11-4-13(21-27)8-15(6-11)23(30)31)34-17-2-1-3-18(10-17)35-20(26)12-5-14(22(28)29)9-16(7-12)24(32)33/h1-10,27-29H. The Morgan fingerprint density at radius 2 is 1.31 bits per heavy atom. The van der Waals surface area contributed by atoms with Gasteiger partial charge in [0.05, 0.1) is 21.0 Å². The van der Waals surface area contributed by atoms with Gasteiger partial charge in [0.1, 0.15) is 11.5 Å². The molecule has 0 heterocycles. The number of esters is 2. The van der Waals surface area contributed by atoms with Gasteiger partial charge in [-0.1, -0.05) is 12.1 Å². The molecule has 0 atom stereocenters. The Balaban J connectivity index is 1.81. The third-order valence-electron chi connectivity index (χ3n) is 4.45. The number of carbonyl (C=O) groups is 2. The van der Waals surface area contributed by atoms with Gasteiger partial charge in [0.25, 0.3) is 11.4 Å². The smallest absolute Gasteiger partial charge is 0.450 e. The highest BCUT2D eigenvalue weighted by molar-refractivity contribution is 6.58. The van der Waals surface area contributed by atoms with E-state index in [-0.39, 0.29) is 33.6 Å². The molecule has 3 rings (SSSR count). The summed E-state index contributed by atoms with van der Waals surface area (Å²) in [5, 5.41) is 49.8. The zero-order valence-corrected chi connectivity index (χ0v) is 17.4. The molecular weight excluding hydrogens is 466 g/mol. The Morgan fingerprint density at radius 1 is 0.800 bits per heavy atom. The number of ether oxygens (including phenoxy) is 2. The van der Waals surface area contributed by atoms with E-state index in [0.717, 1.165) is 42.5 Å². The fourth-order valence-electron chi connectivity index (χ4n) is 2.87. The summed E-state index contributed by atoms with van der Waals surface area (Å²) in [5.74, 6) is -2.30. The van der Waals surface area contributed by atoms with Gasteiger partial charge in [-0.05, 0) is 29.1 Å². The normalized spacial score (nSPS) is 10.3. The van der Waals surface area contributed by atoms with Crippen LogP contribution >= 0.6 is 0 Å². The first-order valence-corrected chi connectivity index (χ1v) is 9.54. The summed E-state index contributed by atoms with van der Waals surface area (Å²) in [7, 11) is -1.49. The van der Waals surface area contributed by atoms with Crippen LogP contribution in [0.15, 0.2) is 60.7 Å². The minimum atomic E-state index is -2.07. The monoisotopic (exact) mass is 479 g/mol. The summed E-state index contributed by atoms with van der Waals surface area (Å²) in [6.45, 7) is 0. The Bertz CT molecular complexity index is 1330. The van der Waals surface area contributed by atoms with E-state index in [1.54, 1.807) is 0 Å². The lowest BCUT2D eigenvalue weighted by molar-refractivity contribution is -0.385. The van der Waals surface area contributed by atoms with Crippen molar-refractivity contribution in [2.45, 2.75) is 0 Å². The van der Waals surface area contributed by atoms with Gasteiger partial charge in [-0.3, -0.25) is 20.2 Å². The largest absolute Gasteiger partial charge is 0.488 e. The van der Waals surface area contributed by atoms with Crippen LogP contribution in [0.3, 0.4) is 0 Å². The second kappa shape index (κ2) is 10.6. The first-order valence-electron chi connectivity index (χ1n) is 9.54. The van der Waals surface area contributed by atoms with Gasteiger partial charge in [0.2, 0.25) is 0 Å². The van der Waals surface area contributed by atoms with E-state index in [1.807, 2.05) is 0 Å². The number of hydrogen-bond acceptors (Lipinski definition) is 11. The van der Waals surface area contributed by atoms with Crippen LogP contribution < -0.4 is 20.4 Å². The number of nitrogens with zero attached hydrogens (tertiary/aromatic N) is 2. The van der Waals surface area contributed by atoms with Crippen LogP contribution in [-0.2, 0) is 0 Å². The quantitative estimate of drug-likeness (QED) is 0.128. The Hall–Kier alpha value is -4.59. The first kappa shape index (κ1) is 25.0. The van der Waals surface area contributed by atoms with Gasteiger partial charge in [-0.15, -0.1) is 0 Å². The maximum atomic E-state index is 12.5. The van der Waals surface area contributed by atoms with Crippen LogP contribution in [-0.4, -0.2) is 51.5 Å². The number of non-ortho nitro benzene ring substituents is 2. The minimum absolute atomic E-state index is 0.00171. The second-order valence-corrected chi connectivity index (χ2v) is 6.90. The average Bonchev–Trinajstić information content (AvgIpc) is 2.83. The Morgan fingerprint density at radius 3 is 1.80 bits per heavy atom. The van der Waals surface area contributed by atoms with Crippen molar-refractivity contribution in [3.63, 3.8) is 0 Å². The minimum Gasteiger partial charge on any atom is -0.450 e. The molecule has 3 aromatic rings. The number of hydrogen-bond donors (Lipinski definition) is 3. The third kappa shape index (κ3) is 6.26. The van der Waals surface area contributed by atoms with E-state index >= 15 is 0 Å². The van der Waals surface area contributed by atoms with Crippen LogP contribution in [0.4, 0.5) is 11.4 Å². The molecular formula is C20H13B2N2O11. The summed E-state index contributed by atoms with van der Waals surface area (Å²) >= 11 is 0. The predicted molar refractivity (Wildman–Crippen MR) is 120 cm³/mol. The topological polar surface area (TPSA) is 200 Å². The lowest BCUT2D eigenvalue weighted by Gasteiger charge is -2.09. The summed E-state index contributed by atoms with van der Waals surface area (Å²) < 4.78 is 10.3. The van der Waals surface area contributed by atoms with Crippen molar-refractivity contribution in [1.29, 1.82) is 0 Å². The molecule has 0 amide bonds. The fraction of sp³-hybridized carbons (Fsp3) is 0. The molecule has 13 nitrogen and oxygen atoms in total. The molecule has 0 aromatic heterocycles. The van der Waals surface area contributed by atoms with E-state index in [1.165, 1.54) is 18.2 Å². The van der Waals surface area contributed by atoms with Crippen molar-refractivity contribution >= 4 is 48.8 Å². The van der Waals surface area contributed by atoms with Gasteiger partial charge < -0.3 is 24.5 Å². The second-order valence-electron chi connectivity index (χ2n) is 6.90. The molecule has 0 unspecified atom stereocenters. The molecule has 0 aliphatic rings. The van der Waals surface area contributed by atoms with Crippen molar-refractivity contribution in [2.24, 2.45) is 0 Å². The van der Waals surface area contributed by atoms with Crippen LogP contribution in [0.2, 0.25) is 0 Å². The molecule has 3 N–H and O–H groups in total. The van der Waals surface area contributed by atoms with E-state index in [0.29, 0.717) is 7.48 Å². The molecule has 0 aliphatic heterocycles. The molecule has 0 fully saturated rings. The van der Waals surface area contributed by atoms with Gasteiger partial charge in [0.15, 0.2) is 0 Å². The van der Waals surface area contributed by atoms with E-state index < -0.39 is 40.3 Å². The summed E-state index contributed by atoms with van der Waals surface area (Å²) in [4.78, 5) is 45.5. The SMILES string of the molecule is O=C(Oc1cccc(OC(=O)c2cc(B(O)O)cc([N+](=O)[O-])c2)c1)c1cc([B]O)cc([N+](=O)[O-])c1. The predicted octanol–water partition coefficient (Wildman–Crippen LogP) is -0.142. The highest BCUT2D eigenvalue weighted by Crippen LogP contribution is 2.23. The first-order chi connectivity index (χ1) is 16.6. The number of rotatable bonds is 8. The zero-order valence-electron chi connectivity index (χ0n) is 17.4. The molecule has 3 aromatic carbocycles. The summed E-state index contributed by atoms with van der Waals surface area (Å²) in [6, 6.07) is 11.1. The Kier molecular flexibility index (Phi) is 7.56. The molecule has 0 bridgehead atoms. The van der Waals surface area contributed by atoms with Crippen molar-refractivity contribution in [3.05, 3.63) is 92.0 Å². The number of carbonyl (C=O) groups excluding carboxylic acids is 2. The molecule has 0 spiro atoms. The number of benzene rings is 3. The van der Waals surface area contributed by atoms with Crippen LogP contribution in [0.1, 0.15) is 20.7 Å². The van der Waals surface area contributed by atoms with E-state index in [2.05, 4.69) is 0 Å². The molecule has 0 saturated heterocycles. The van der Waals surface area contributed by atoms with E-state index in [9.17, 15) is 39.9 Å². The molecule has 1 radical (unpaired) electrons. The van der Waals surface area contributed by atoms with Crippen molar-refractivity contribution in [3.8, 4) is 11.5 Å². The lowest BCUT2D eigenvalue weighted by Crippen LogP contribution is -2.31. The third-order valence-corrected chi connectivity index (χ3v) is 4.45. The van der Waals surface area contributed by atoms with Gasteiger partial charge in [0, 0.05) is 30.3 Å². The van der Waals surface area contributed by atoms with Crippen LogP contribution in [0.25, 0.3) is 0 Å². The lowest BCUT2D eigenvalue weighted by atomic mass is 9.79. The average molecular weight is 479 g/mol. The molecule has 35 heavy (non-hydrogen) atoms. The van der Waals surface area contributed by atoms with Gasteiger partial charge in [-0.2, -0.15) is 0 Å². The van der Waals surface area contributed by atoms with Crippen LogP contribution in [0, 0.1) is 20.2 Å². The van der Waals surface area contributed by atoms with Crippen LogP contribution in [0.5, 0.6) is 11.5 Å². The maximum absolute atomic E-state index is 12.5. The molecule has 175 valence electrons. The highest BCUT2D eigenvalue weighted by atomic mass is 16.6. The molecule has 0 saturated carbocycles. The van der Waals surface area contributed by atoms with Gasteiger partial charge in [-0.25, -0.2) is 9.59 Å². The molecule has 15 heteroatoms. The molecule has 0 aliphatic carbocycles. The van der Waals surface area contributed by atoms with Crippen molar-refractivity contribution < 1.29 is 44.0 Å². The number of nitro benzene ring substituents is 2.